The molecule has 3 rings (SSSR count). The minimum atomic E-state index is -0.548. The maximum absolute atomic E-state index is 11.6. The fraction of sp³-hybridized carbons (Fsp3) is 0.700. The molecule has 0 radical (unpaired) electrons. The average molecular weight is 180 g/mol. The minimum absolute atomic E-state index is 0.218. The fourth-order valence-electron chi connectivity index (χ4n) is 2.57. The lowest BCUT2D eigenvalue weighted by atomic mass is 9.84. The molecule has 0 N–H and O–H groups in total. The van der Waals surface area contributed by atoms with E-state index >= 15 is 0 Å². The zero-order valence-electron chi connectivity index (χ0n) is 7.41. The summed E-state index contributed by atoms with van der Waals surface area (Å²) in [5.41, 5.74) is 0.995. The van der Waals surface area contributed by atoms with Crippen LogP contribution in [-0.4, -0.2) is 24.8 Å². The van der Waals surface area contributed by atoms with Crippen molar-refractivity contribution < 1.29 is 14.3 Å². The second-order valence-electron chi connectivity index (χ2n) is 3.97. The molecule has 3 heteroatoms. The number of Topliss-reactive ketones (excluding diaryl/α,β-unsaturated/α-hetero) is 1. The predicted molar refractivity (Wildman–Crippen MR) is 45.1 cm³/mol. The zero-order valence-corrected chi connectivity index (χ0v) is 7.41. The predicted octanol–water partition coefficient (Wildman–Crippen LogP) is 1.04. The number of ether oxygens (including phenoxy) is 2. The number of hydrogen-bond acceptors (Lipinski definition) is 3. The summed E-state index contributed by atoms with van der Waals surface area (Å²) < 4.78 is 11.2. The molecule has 1 aliphatic heterocycles. The van der Waals surface area contributed by atoms with Crippen LogP contribution in [-0.2, 0) is 14.3 Å². The first-order valence-electron chi connectivity index (χ1n) is 4.80. The van der Waals surface area contributed by atoms with E-state index in [1.165, 1.54) is 0 Å². The Morgan fingerprint density at radius 3 is 2.92 bits per heavy atom. The molecule has 1 saturated carbocycles. The molecule has 0 amide bonds. The molecular weight excluding hydrogens is 168 g/mol. The third kappa shape index (κ3) is 0.944. The van der Waals surface area contributed by atoms with Crippen molar-refractivity contribution in [3.8, 4) is 0 Å². The molecule has 2 fully saturated rings. The van der Waals surface area contributed by atoms with Crippen LogP contribution in [0.1, 0.15) is 19.3 Å². The van der Waals surface area contributed by atoms with Gasteiger partial charge in [-0.3, -0.25) is 4.79 Å². The Morgan fingerprint density at radius 1 is 1.38 bits per heavy atom. The first kappa shape index (κ1) is 7.71. The molecule has 3 aliphatic rings. The summed E-state index contributed by atoms with van der Waals surface area (Å²) >= 11 is 0. The molecule has 3 nitrogen and oxygen atoms in total. The first-order chi connectivity index (χ1) is 6.30. The topological polar surface area (TPSA) is 35.5 Å². The molecule has 70 valence electrons. The SMILES string of the molecule is O=C1CC2(OCCO2)C2CC=C1C2. The molecule has 2 aliphatic carbocycles. The van der Waals surface area contributed by atoms with Gasteiger partial charge >= 0.3 is 0 Å². The molecule has 13 heavy (non-hydrogen) atoms. The van der Waals surface area contributed by atoms with E-state index in [1.54, 1.807) is 0 Å². The van der Waals surface area contributed by atoms with Crippen molar-refractivity contribution in [2.45, 2.75) is 25.0 Å². The first-order valence-corrected chi connectivity index (χ1v) is 4.80. The van der Waals surface area contributed by atoms with E-state index < -0.39 is 5.79 Å². The third-order valence-corrected chi connectivity index (χ3v) is 3.28. The number of allylic oxidation sites excluding steroid dienone is 2. The molecule has 0 aromatic rings. The Hall–Kier alpha value is -0.670. The van der Waals surface area contributed by atoms with Crippen LogP contribution in [0.3, 0.4) is 0 Å². The number of hydrogen-bond donors (Lipinski definition) is 0. The van der Waals surface area contributed by atoms with Crippen LogP contribution in [0.25, 0.3) is 0 Å². The highest BCUT2D eigenvalue weighted by Crippen LogP contribution is 2.46. The van der Waals surface area contributed by atoms with E-state index in [2.05, 4.69) is 0 Å². The summed E-state index contributed by atoms with van der Waals surface area (Å²) in [6.07, 6.45) is 4.29. The maximum Gasteiger partial charge on any atom is 0.179 e. The quantitative estimate of drug-likeness (QED) is 0.558. The Labute approximate surface area is 76.7 Å². The summed E-state index contributed by atoms with van der Waals surface area (Å²) in [5, 5.41) is 0. The van der Waals surface area contributed by atoms with Gasteiger partial charge in [-0.05, 0) is 18.4 Å². The van der Waals surface area contributed by atoms with Crippen molar-refractivity contribution in [1.82, 2.24) is 0 Å². The second-order valence-corrected chi connectivity index (χ2v) is 3.97. The highest BCUT2D eigenvalue weighted by Gasteiger charge is 2.51. The summed E-state index contributed by atoms with van der Waals surface area (Å²) in [5.74, 6) is 0.0616. The van der Waals surface area contributed by atoms with Gasteiger partial charge in [0.2, 0.25) is 0 Å². The largest absolute Gasteiger partial charge is 0.347 e. The number of ketones is 1. The zero-order chi connectivity index (χ0) is 8.89. The van der Waals surface area contributed by atoms with Gasteiger partial charge in [-0.2, -0.15) is 0 Å². The van der Waals surface area contributed by atoms with Gasteiger partial charge in [0.25, 0.3) is 0 Å². The van der Waals surface area contributed by atoms with Gasteiger partial charge in [0.1, 0.15) is 0 Å². The molecule has 0 aromatic heterocycles. The van der Waals surface area contributed by atoms with Crippen LogP contribution >= 0.6 is 0 Å². The number of rotatable bonds is 0. The lowest BCUT2D eigenvalue weighted by Crippen LogP contribution is -2.43. The normalized spacial score (nSPS) is 35.5. The van der Waals surface area contributed by atoms with E-state index in [0.29, 0.717) is 25.6 Å². The van der Waals surface area contributed by atoms with Crippen LogP contribution in [0.5, 0.6) is 0 Å². The summed E-state index contributed by atoms with van der Waals surface area (Å²) in [4.78, 5) is 11.6. The molecule has 1 atom stereocenters. The van der Waals surface area contributed by atoms with Crippen LogP contribution < -0.4 is 0 Å². The van der Waals surface area contributed by atoms with Crippen molar-refractivity contribution in [3.63, 3.8) is 0 Å². The van der Waals surface area contributed by atoms with E-state index in [0.717, 1.165) is 18.4 Å². The molecule has 1 unspecified atom stereocenters. The number of carbonyl (C=O) groups excluding carboxylic acids is 1. The summed E-state index contributed by atoms with van der Waals surface area (Å²) in [6, 6.07) is 0. The van der Waals surface area contributed by atoms with Gasteiger partial charge < -0.3 is 9.47 Å². The average Bonchev–Trinajstić information content (AvgIpc) is 2.67. The molecule has 1 saturated heterocycles. The van der Waals surface area contributed by atoms with Crippen molar-refractivity contribution in [2.75, 3.05) is 13.2 Å². The highest BCUT2D eigenvalue weighted by molar-refractivity contribution is 5.97. The fourth-order valence-corrected chi connectivity index (χ4v) is 2.57. The monoisotopic (exact) mass is 180 g/mol. The lowest BCUT2D eigenvalue weighted by Gasteiger charge is -2.35. The van der Waals surface area contributed by atoms with E-state index in [-0.39, 0.29) is 5.78 Å². The van der Waals surface area contributed by atoms with Crippen LogP contribution in [0.2, 0.25) is 0 Å². The Balaban J connectivity index is 1.95. The van der Waals surface area contributed by atoms with Crippen molar-refractivity contribution in [3.05, 3.63) is 11.6 Å². The van der Waals surface area contributed by atoms with Gasteiger partial charge in [0, 0.05) is 5.92 Å². The maximum atomic E-state index is 11.6. The Morgan fingerprint density at radius 2 is 2.15 bits per heavy atom. The smallest absolute Gasteiger partial charge is 0.179 e. The van der Waals surface area contributed by atoms with Crippen LogP contribution in [0.4, 0.5) is 0 Å². The highest BCUT2D eigenvalue weighted by atomic mass is 16.7. The molecule has 1 spiro atoms. The number of carbonyl (C=O) groups is 1. The summed E-state index contributed by atoms with van der Waals surface area (Å²) in [7, 11) is 0. The molecule has 1 heterocycles. The van der Waals surface area contributed by atoms with Crippen molar-refractivity contribution in [1.29, 1.82) is 0 Å². The molecule has 2 bridgehead atoms. The van der Waals surface area contributed by atoms with Crippen molar-refractivity contribution >= 4 is 5.78 Å². The van der Waals surface area contributed by atoms with Gasteiger partial charge in [-0.25, -0.2) is 0 Å². The lowest BCUT2D eigenvalue weighted by molar-refractivity contribution is -0.201. The Kier molecular flexibility index (Phi) is 1.44. The van der Waals surface area contributed by atoms with E-state index in [1.807, 2.05) is 6.08 Å². The molecular formula is C10H12O3. The van der Waals surface area contributed by atoms with Gasteiger partial charge in [0.05, 0.1) is 19.6 Å². The van der Waals surface area contributed by atoms with Crippen molar-refractivity contribution in [2.24, 2.45) is 5.92 Å². The standard InChI is InChI=1S/C10H12O3/c11-9-6-10(12-3-4-13-10)8-2-1-7(9)5-8/h1,8H,2-6H2. The van der Waals surface area contributed by atoms with E-state index in [4.69, 9.17) is 9.47 Å². The van der Waals surface area contributed by atoms with Gasteiger partial charge in [-0.1, -0.05) is 6.08 Å². The number of fused-ring (bicyclic) bond motifs is 3. The minimum Gasteiger partial charge on any atom is -0.347 e. The van der Waals surface area contributed by atoms with Crippen LogP contribution in [0, 0.1) is 5.92 Å². The van der Waals surface area contributed by atoms with E-state index in [9.17, 15) is 4.79 Å². The second kappa shape index (κ2) is 2.42. The molecule has 0 aromatic carbocycles. The Bertz CT molecular complexity index is 287. The van der Waals surface area contributed by atoms with Gasteiger partial charge in [-0.15, -0.1) is 0 Å². The van der Waals surface area contributed by atoms with Gasteiger partial charge in [0.15, 0.2) is 11.6 Å². The third-order valence-electron chi connectivity index (χ3n) is 3.28. The summed E-state index contributed by atoms with van der Waals surface area (Å²) in [6.45, 7) is 1.28. The van der Waals surface area contributed by atoms with Crippen LogP contribution in [0.15, 0.2) is 11.6 Å².